The number of unbranched alkanes of at least 4 members (excludes halogenated alkanes) is 8. The van der Waals surface area contributed by atoms with Gasteiger partial charge in [-0.2, -0.15) is 0 Å². The van der Waals surface area contributed by atoms with Crippen molar-refractivity contribution in [2.75, 3.05) is 0 Å². The van der Waals surface area contributed by atoms with Crippen molar-refractivity contribution >= 4 is 23.8 Å². The van der Waals surface area contributed by atoms with E-state index in [1.54, 1.807) is 6.92 Å². The summed E-state index contributed by atoms with van der Waals surface area (Å²) in [5.74, 6) is -1.80. The third kappa shape index (κ3) is 15.9. The van der Waals surface area contributed by atoms with E-state index in [1.807, 2.05) is 60.7 Å². The van der Waals surface area contributed by atoms with Crippen molar-refractivity contribution in [3.63, 3.8) is 0 Å². The highest BCUT2D eigenvalue weighted by atomic mass is 16.5. The predicted molar refractivity (Wildman–Crippen MR) is 168 cm³/mol. The van der Waals surface area contributed by atoms with E-state index in [9.17, 15) is 19.2 Å². The van der Waals surface area contributed by atoms with Gasteiger partial charge < -0.3 is 20.1 Å². The number of ether oxygens (including phenoxy) is 2. The number of carbonyl (C=O) groups is 4. The molecule has 0 aromatic heterocycles. The SMILES string of the molecule is CCCCCCCCCCCC(=O)N[C@@H](CC)C(=O)N[C@H](CCC(=O)OCc1ccccc1)C(=O)OCc1ccccc1. The van der Waals surface area contributed by atoms with Gasteiger partial charge in [0, 0.05) is 12.8 Å². The van der Waals surface area contributed by atoms with Gasteiger partial charge in [-0.25, -0.2) is 4.79 Å². The molecule has 0 saturated heterocycles. The lowest BCUT2D eigenvalue weighted by Gasteiger charge is -2.22. The zero-order chi connectivity index (χ0) is 31.1. The van der Waals surface area contributed by atoms with Gasteiger partial charge in [0.05, 0.1) is 0 Å². The van der Waals surface area contributed by atoms with Gasteiger partial charge in [-0.1, -0.05) is 126 Å². The van der Waals surface area contributed by atoms with Crippen LogP contribution in [0.5, 0.6) is 0 Å². The molecule has 2 N–H and O–H groups in total. The summed E-state index contributed by atoms with van der Waals surface area (Å²) >= 11 is 0. The Hall–Kier alpha value is -3.68. The molecule has 0 fully saturated rings. The summed E-state index contributed by atoms with van der Waals surface area (Å²) in [6.07, 6.45) is 11.1. The summed E-state index contributed by atoms with van der Waals surface area (Å²) in [7, 11) is 0. The van der Waals surface area contributed by atoms with Gasteiger partial charge in [0.25, 0.3) is 0 Å². The maximum Gasteiger partial charge on any atom is 0.328 e. The molecule has 0 aliphatic rings. The predicted octanol–water partition coefficient (Wildman–Crippen LogP) is 6.55. The summed E-state index contributed by atoms with van der Waals surface area (Å²) in [5, 5.41) is 5.51. The number of hydrogen-bond donors (Lipinski definition) is 2. The molecule has 2 aromatic carbocycles. The highest BCUT2D eigenvalue weighted by molar-refractivity contribution is 5.90. The fraction of sp³-hybridized carbons (Fsp3) is 0.543. The van der Waals surface area contributed by atoms with Crippen molar-refractivity contribution in [1.29, 1.82) is 0 Å². The number of carbonyl (C=O) groups excluding carboxylic acids is 4. The van der Waals surface area contributed by atoms with Gasteiger partial charge >= 0.3 is 11.9 Å². The molecule has 43 heavy (non-hydrogen) atoms. The summed E-state index contributed by atoms with van der Waals surface area (Å²) < 4.78 is 10.8. The van der Waals surface area contributed by atoms with Crippen LogP contribution in [0.15, 0.2) is 60.7 Å². The summed E-state index contributed by atoms with van der Waals surface area (Å²) in [6.45, 7) is 4.17. The van der Waals surface area contributed by atoms with E-state index in [0.717, 1.165) is 30.4 Å². The molecule has 2 atom stereocenters. The second-order valence-electron chi connectivity index (χ2n) is 10.9. The first-order valence-electron chi connectivity index (χ1n) is 15.9. The molecule has 8 nitrogen and oxygen atoms in total. The quantitative estimate of drug-likeness (QED) is 0.118. The topological polar surface area (TPSA) is 111 Å². The molecule has 2 rings (SSSR count). The van der Waals surface area contributed by atoms with Gasteiger partial charge in [-0.05, 0) is 30.4 Å². The van der Waals surface area contributed by atoms with E-state index in [-0.39, 0.29) is 32.0 Å². The van der Waals surface area contributed by atoms with E-state index >= 15 is 0 Å². The van der Waals surface area contributed by atoms with E-state index in [1.165, 1.54) is 38.5 Å². The van der Waals surface area contributed by atoms with E-state index in [2.05, 4.69) is 17.6 Å². The molecule has 236 valence electrons. The van der Waals surface area contributed by atoms with E-state index in [0.29, 0.717) is 12.8 Å². The fourth-order valence-corrected chi connectivity index (χ4v) is 4.64. The number of rotatable bonds is 22. The Morgan fingerprint density at radius 1 is 0.628 bits per heavy atom. The molecule has 2 aromatic rings. The van der Waals surface area contributed by atoms with Crippen LogP contribution in [-0.2, 0) is 41.9 Å². The minimum absolute atomic E-state index is 0.00973. The van der Waals surface area contributed by atoms with Crippen molar-refractivity contribution in [2.24, 2.45) is 0 Å². The van der Waals surface area contributed by atoms with Gasteiger partial charge in [0.1, 0.15) is 25.3 Å². The largest absolute Gasteiger partial charge is 0.461 e. The van der Waals surface area contributed by atoms with E-state index in [4.69, 9.17) is 9.47 Å². The average Bonchev–Trinajstić information content (AvgIpc) is 3.03. The maximum absolute atomic E-state index is 13.1. The summed E-state index contributed by atoms with van der Waals surface area (Å²) in [5.41, 5.74) is 1.66. The third-order valence-electron chi connectivity index (χ3n) is 7.27. The number of benzene rings is 2. The normalized spacial score (nSPS) is 12.1. The Morgan fingerprint density at radius 2 is 1.16 bits per heavy atom. The first-order valence-corrected chi connectivity index (χ1v) is 15.9. The standard InChI is InChI=1S/C35H50N2O6/c1-3-5-6-7-8-9-10-11-18-23-32(38)36-30(4-2)34(40)37-31(35(41)43-27-29-21-16-13-17-22-29)24-25-33(39)42-26-28-19-14-12-15-20-28/h12-17,19-22,30-31H,3-11,18,23-27H2,1-2H3,(H,36,38)(H,37,40)/t30-,31+/m0/s1. The molecule has 2 amide bonds. The molecule has 0 aliphatic carbocycles. The monoisotopic (exact) mass is 594 g/mol. The van der Waals surface area contributed by atoms with Crippen LogP contribution < -0.4 is 10.6 Å². The minimum atomic E-state index is -1.07. The lowest BCUT2D eigenvalue weighted by atomic mass is 10.1. The number of esters is 2. The lowest BCUT2D eigenvalue weighted by Crippen LogP contribution is -2.51. The van der Waals surface area contributed by atoms with Crippen LogP contribution in [0.2, 0.25) is 0 Å². The lowest BCUT2D eigenvalue weighted by molar-refractivity contribution is -0.150. The van der Waals surface area contributed by atoms with Crippen molar-refractivity contribution in [3.05, 3.63) is 71.8 Å². The smallest absolute Gasteiger partial charge is 0.328 e. The van der Waals surface area contributed by atoms with E-state index < -0.39 is 29.9 Å². The van der Waals surface area contributed by atoms with Crippen LogP contribution in [0.25, 0.3) is 0 Å². The average molecular weight is 595 g/mol. The van der Waals surface area contributed by atoms with Crippen LogP contribution in [0.3, 0.4) is 0 Å². The molecular formula is C35H50N2O6. The highest BCUT2D eigenvalue weighted by Gasteiger charge is 2.27. The number of amides is 2. The molecule has 0 radical (unpaired) electrons. The summed E-state index contributed by atoms with van der Waals surface area (Å²) in [6, 6.07) is 16.7. The molecule has 8 heteroatoms. The highest BCUT2D eigenvalue weighted by Crippen LogP contribution is 2.12. The third-order valence-corrected chi connectivity index (χ3v) is 7.27. The van der Waals surface area contributed by atoms with Gasteiger partial charge in [-0.15, -0.1) is 0 Å². The molecule has 0 spiro atoms. The number of nitrogens with one attached hydrogen (secondary N) is 2. The zero-order valence-electron chi connectivity index (χ0n) is 26.0. The first kappa shape index (κ1) is 35.5. The fourth-order valence-electron chi connectivity index (χ4n) is 4.64. The van der Waals surface area contributed by atoms with Gasteiger partial charge in [0.15, 0.2) is 0 Å². The molecule has 0 bridgehead atoms. The first-order chi connectivity index (χ1) is 20.9. The molecule has 0 saturated carbocycles. The van der Waals surface area contributed by atoms with Crippen LogP contribution in [0.1, 0.15) is 108 Å². The van der Waals surface area contributed by atoms with Crippen molar-refractivity contribution in [1.82, 2.24) is 10.6 Å². The molecule has 0 aliphatic heterocycles. The van der Waals surface area contributed by atoms with Crippen molar-refractivity contribution in [2.45, 2.75) is 123 Å². The van der Waals surface area contributed by atoms with Gasteiger partial charge in [-0.3, -0.25) is 14.4 Å². The Morgan fingerprint density at radius 3 is 1.72 bits per heavy atom. The van der Waals surface area contributed by atoms with Gasteiger partial charge in [0.2, 0.25) is 11.8 Å². The Labute approximate surface area is 257 Å². The maximum atomic E-state index is 13.1. The summed E-state index contributed by atoms with van der Waals surface area (Å²) in [4.78, 5) is 51.1. The number of hydrogen-bond acceptors (Lipinski definition) is 6. The molecule has 0 unspecified atom stereocenters. The van der Waals surface area contributed by atoms with Crippen molar-refractivity contribution < 1.29 is 28.7 Å². The van der Waals surface area contributed by atoms with Crippen LogP contribution in [0, 0.1) is 0 Å². The zero-order valence-corrected chi connectivity index (χ0v) is 26.0. The molecular weight excluding hydrogens is 544 g/mol. The van der Waals surface area contributed by atoms with Crippen LogP contribution >= 0.6 is 0 Å². The Balaban J connectivity index is 1.85. The minimum Gasteiger partial charge on any atom is -0.461 e. The van der Waals surface area contributed by atoms with Crippen molar-refractivity contribution in [3.8, 4) is 0 Å². The van der Waals surface area contributed by atoms with Crippen LogP contribution in [-0.4, -0.2) is 35.8 Å². The van der Waals surface area contributed by atoms with Crippen LogP contribution in [0.4, 0.5) is 0 Å². The molecule has 0 heterocycles. The Bertz CT molecular complexity index is 1080. The Kier molecular flexibility index (Phi) is 18.1. The second kappa shape index (κ2) is 21.9. The second-order valence-corrected chi connectivity index (χ2v) is 10.9.